The summed E-state index contributed by atoms with van der Waals surface area (Å²) >= 11 is 1.49. The average molecular weight is 330 g/mol. The molecule has 4 heteroatoms. The Balaban J connectivity index is 2.01. The Labute approximate surface area is 143 Å². The van der Waals surface area contributed by atoms with Crippen molar-refractivity contribution in [2.24, 2.45) is 0 Å². The summed E-state index contributed by atoms with van der Waals surface area (Å²) in [6.45, 7) is 2.05. The van der Waals surface area contributed by atoms with Crippen LogP contribution >= 0.6 is 11.3 Å². The Morgan fingerprint density at radius 3 is 2.79 bits per heavy atom. The molecule has 0 aliphatic carbocycles. The molecule has 0 atom stereocenters. The van der Waals surface area contributed by atoms with Gasteiger partial charge in [0.05, 0.1) is 11.9 Å². The molecule has 0 unspecified atom stereocenters. The quantitative estimate of drug-likeness (QED) is 0.516. The molecule has 0 spiro atoms. The van der Waals surface area contributed by atoms with Crippen LogP contribution in [0.4, 0.5) is 0 Å². The Kier molecular flexibility index (Phi) is 3.44. The highest BCUT2D eigenvalue weighted by molar-refractivity contribution is 7.17. The Hall–Kier alpha value is -2.90. The Morgan fingerprint density at radius 1 is 1.21 bits per heavy atom. The normalized spacial score (nSPS) is 11.0. The van der Waals surface area contributed by atoms with Crippen LogP contribution in [0.5, 0.6) is 0 Å². The van der Waals surface area contributed by atoms with Gasteiger partial charge in [0.1, 0.15) is 10.7 Å². The third kappa shape index (κ3) is 2.22. The number of aromatic nitrogens is 2. The summed E-state index contributed by atoms with van der Waals surface area (Å²) < 4.78 is 1.56. The van der Waals surface area contributed by atoms with Gasteiger partial charge in [0, 0.05) is 10.9 Å². The fourth-order valence-corrected chi connectivity index (χ4v) is 3.96. The molecule has 0 saturated carbocycles. The molecule has 24 heavy (non-hydrogen) atoms. The van der Waals surface area contributed by atoms with Gasteiger partial charge in [-0.1, -0.05) is 42.3 Å². The maximum atomic E-state index is 12.9. The molecule has 116 valence electrons. The summed E-state index contributed by atoms with van der Waals surface area (Å²) in [5.74, 6) is 3.18. The van der Waals surface area contributed by atoms with Crippen molar-refractivity contribution in [2.75, 3.05) is 0 Å². The second kappa shape index (κ2) is 5.63. The molecule has 0 aliphatic heterocycles. The van der Waals surface area contributed by atoms with E-state index in [1.807, 2.05) is 24.4 Å². The van der Waals surface area contributed by atoms with E-state index in [2.05, 4.69) is 41.2 Å². The summed E-state index contributed by atoms with van der Waals surface area (Å²) in [4.78, 5) is 18.2. The van der Waals surface area contributed by atoms with E-state index in [0.29, 0.717) is 11.2 Å². The van der Waals surface area contributed by atoms with Crippen molar-refractivity contribution >= 4 is 32.3 Å². The van der Waals surface area contributed by atoms with E-state index >= 15 is 0 Å². The Bertz CT molecular complexity index is 1180. The third-order valence-electron chi connectivity index (χ3n) is 4.19. The third-order valence-corrected chi connectivity index (χ3v) is 5.07. The highest BCUT2D eigenvalue weighted by Gasteiger charge is 2.15. The molecule has 0 N–H and O–H groups in total. The largest absolute Gasteiger partial charge is 0.284 e. The van der Waals surface area contributed by atoms with Gasteiger partial charge >= 0.3 is 0 Å². The van der Waals surface area contributed by atoms with Crippen LogP contribution in [0, 0.1) is 19.3 Å². The van der Waals surface area contributed by atoms with Gasteiger partial charge in [-0.05, 0) is 29.3 Å². The predicted molar refractivity (Wildman–Crippen MR) is 100 cm³/mol. The van der Waals surface area contributed by atoms with Crippen LogP contribution in [0.25, 0.3) is 32.1 Å². The lowest BCUT2D eigenvalue weighted by molar-refractivity contribution is 0.743. The van der Waals surface area contributed by atoms with Gasteiger partial charge in [-0.25, -0.2) is 4.98 Å². The standard InChI is InChI=1S/C20H14N2OS/c1-3-10-22-13(2)21-19-18(20(22)23)17(12-24-19)16-9-8-14-6-4-5-7-15(14)11-16/h1,4-9,11-12H,10H2,2H3. The predicted octanol–water partition coefficient (Wildman–Crippen LogP) is 4.22. The number of aryl methyl sites for hydroxylation is 1. The van der Waals surface area contributed by atoms with Crippen molar-refractivity contribution in [3.05, 3.63) is 64.0 Å². The molecule has 0 radical (unpaired) electrons. The Morgan fingerprint density at radius 2 is 2.00 bits per heavy atom. The fourth-order valence-electron chi connectivity index (χ4n) is 2.97. The maximum absolute atomic E-state index is 12.9. The molecule has 2 aromatic carbocycles. The first-order chi connectivity index (χ1) is 11.7. The van der Waals surface area contributed by atoms with Crippen LogP contribution in [0.3, 0.4) is 0 Å². The van der Waals surface area contributed by atoms with E-state index in [4.69, 9.17) is 6.42 Å². The maximum Gasteiger partial charge on any atom is 0.263 e. The van der Waals surface area contributed by atoms with Crippen LogP contribution in [0.1, 0.15) is 5.82 Å². The molecule has 2 heterocycles. The minimum absolute atomic E-state index is 0.0696. The number of thiophene rings is 1. The van der Waals surface area contributed by atoms with Gasteiger partial charge in [0.25, 0.3) is 5.56 Å². The first-order valence-electron chi connectivity index (χ1n) is 7.60. The van der Waals surface area contributed by atoms with Crippen molar-refractivity contribution < 1.29 is 0 Å². The van der Waals surface area contributed by atoms with Gasteiger partial charge in [-0.3, -0.25) is 9.36 Å². The molecule has 0 saturated heterocycles. The zero-order valence-electron chi connectivity index (χ0n) is 13.1. The van der Waals surface area contributed by atoms with Gasteiger partial charge in [-0.15, -0.1) is 17.8 Å². The van der Waals surface area contributed by atoms with Crippen molar-refractivity contribution in [3.63, 3.8) is 0 Å². The minimum atomic E-state index is -0.0696. The summed E-state index contributed by atoms with van der Waals surface area (Å²) in [7, 11) is 0. The number of nitrogens with zero attached hydrogens (tertiary/aromatic N) is 2. The summed E-state index contributed by atoms with van der Waals surface area (Å²) in [6, 6.07) is 14.4. The molecule has 4 rings (SSSR count). The van der Waals surface area contributed by atoms with Crippen molar-refractivity contribution in [3.8, 4) is 23.5 Å². The highest BCUT2D eigenvalue weighted by atomic mass is 32.1. The van der Waals surface area contributed by atoms with Gasteiger partial charge in [0.15, 0.2) is 0 Å². The zero-order valence-corrected chi connectivity index (χ0v) is 13.9. The molecular formula is C20H14N2OS. The van der Waals surface area contributed by atoms with Crippen LogP contribution in [-0.2, 0) is 6.54 Å². The van der Waals surface area contributed by atoms with E-state index in [1.165, 1.54) is 16.7 Å². The van der Waals surface area contributed by atoms with Crippen LogP contribution in [0.2, 0.25) is 0 Å². The SMILES string of the molecule is C#CCn1c(C)nc2scc(-c3ccc4ccccc4c3)c2c1=O. The molecular weight excluding hydrogens is 316 g/mol. The van der Waals surface area contributed by atoms with E-state index in [-0.39, 0.29) is 12.1 Å². The minimum Gasteiger partial charge on any atom is -0.284 e. The first kappa shape index (κ1) is 14.7. The van der Waals surface area contributed by atoms with Crippen LogP contribution in [-0.4, -0.2) is 9.55 Å². The lowest BCUT2D eigenvalue weighted by Gasteiger charge is -2.07. The molecule has 0 aliphatic rings. The summed E-state index contributed by atoms with van der Waals surface area (Å²) in [6.07, 6.45) is 5.39. The second-order valence-corrected chi connectivity index (χ2v) is 6.50. The van der Waals surface area contributed by atoms with E-state index in [1.54, 1.807) is 4.57 Å². The first-order valence-corrected chi connectivity index (χ1v) is 8.48. The van der Waals surface area contributed by atoms with Gasteiger partial charge < -0.3 is 0 Å². The smallest absolute Gasteiger partial charge is 0.263 e. The number of rotatable bonds is 2. The number of benzene rings is 2. The molecule has 3 nitrogen and oxygen atoms in total. The number of terminal acetylenes is 1. The monoisotopic (exact) mass is 330 g/mol. The lowest BCUT2D eigenvalue weighted by atomic mass is 10.0. The van der Waals surface area contributed by atoms with E-state index in [0.717, 1.165) is 21.3 Å². The number of fused-ring (bicyclic) bond motifs is 2. The van der Waals surface area contributed by atoms with Gasteiger partial charge in [0.2, 0.25) is 0 Å². The summed E-state index contributed by atoms with van der Waals surface area (Å²) in [5.41, 5.74) is 1.87. The van der Waals surface area contributed by atoms with Crippen LogP contribution < -0.4 is 5.56 Å². The molecule has 0 amide bonds. The molecule has 4 aromatic rings. The topological polar surface area (TPSA) is 34.9 Å². The second-order valence-electron chi connectivity index (χ2n) is 5.65. The van der Waals surface area contributed by atoms with E-state index in [9.17, 15) is 4.79 Å². The van der Waals surface area contributed by atoms with Crippen LogP contribution in [0.15, 0.2) is 52.6 Å². The molecule has 0 fully saturated rings. The molecule has 2 aromatic heterocycles. The van der Waals surface area contributed by atoms with E-state index < -0.39 is 0 Å². The molecule has 0 bridgehead atoms. The zero-order chi connectivity index (χ0) is 16.7. The van der Waals surface area contributed by atoms with Crippen molar-refractivity contribution in [1.29, 1.82) is 0 Å². The average Bonchev–Trinajstić information content (AvgIpc) is 3.02. The van der Waals surface area contributed by atoms with Gasteiger partial charge in [-0.2, -0.15) is 0 Å². The summed E-state index contributed by atoms with van der Waals surface area (Å²) in [5, 5.41) is 4.98. The highest BCUT2D eigenvalue weighted by Crippen LogP contribution is 2.32. The number of hydrogen-bond donors (Lipinski definition) is 0. The lowest BCUT2D eigenvalue weighted by Crippen LogP contribution is -2.23. The van der Waals surface area contributed by atoms with Crippen molar-refractivity contribution in [2.45, 2.75) is 13.5 Å². The van der Waals surface area contributed by atoms with Crippen molar-refractivity contribution in [1.82, 2.24) is 9.55 Å². The fraction of sp³-hybridized carbons (Fsp3) is 0.100. The number of hydrogen-bond acceptors (Lipinski definition) is 3.